The quantitative estimate of drug-likeness (QED) is 0.829. The van der Waals surface area contributed by atoms with Crippen LogP contribution >= 0.6 is 0 Å². The van der Waals surface area contributed by atoms with Crippen molar-refractivity contribution in [2.75, 3.05) is 6.61 Å². The lowest BCUT2D eigenvalue weighted by molar-refractivity contribution is -0.119. The summed E-state index contributed by atoms with van der Waals surface area (Å²) in [5.41, 5.74) is 5.58. The van der Waals surface area contributed by atoms with Gasteiger partial charge in [0.1, 0.15) is 12.4 Å². The van der Waals surface area contributed by atoms with Crippen LogP contribution in [-0.2, 0) is 4.79 Å². The summed E-state index contributed by atoms with van der Waals surface area (Å²) in [5, 5.41) is 0. The summed E-state index contributed by atoms with van der Waals surface area (Å²) in [4.78, 5) is 14.8. The first-order valence-electron chi connectivity index (χ1n) is 4.67. The average molecular weight is 230 g/mol. The van der Waals surface area contributed by atoms with Crippen LogP contribution in [0.1, 0.15) is 18.5 Å². The van der Waals surface area contributed by atoms with Gasteiger partial charge in [-0.05, 0) is 19.1 Å². The van der Waals surface area contributed by atoms with Crippen LogP contribution in [0.3, 0.4) is 0 Å². The van der Waals surface area contributed by atoms with Gasteiger partial charge in [-0.2, -0.15) is 0 Å². The molecular formula is C10H12F2N2O2. The zero-order valence-corrected chi connectivity index (χ0v) is 8.69. The first-order valence-corrected chi connectivity index (χ1v) is 4.67. The number of nitrogens with two attached hydrogens (primary N) is 1. The molecule has 0 saturated heterocycles. The number of carbonyl (C=O) groups excluding carboxylic acids is 1. The predicted octanol–water partition coefficient (Wildman–Crippen LogP) is 1.31. The highest BCUT2D eigenvalue weighted by molar-refractivity contribution is 5.80. The van der Waals surface area contributed by atoms with E-state index >= 15 is 0 Å². The number of aromatic nitrogens is 1. The number of alkyl halides is 2. The fourth-order valence-electron chi connectivity index (χ4n) is 1.04. The largest absolute Gasteiger partial charge is 0.486 e. The normalized spacial score (nSPS) is 12.5. The molecule has 0 aliphatic rings. The number of carbonyl (C=O) groups is 1. The topological polar surface area (TPSA) is 65.2 Å². The predicted molar refractivity (Wildman–Crippen MR) is 53.3 cm³/mol. The van der Waals surface area contributed by atoms with E-state index in [2.05, 4.69) is 4.98 Å². The molecule has 88 valence electrons. The smallest absolute Gasteiger partial charge is 0.272 e. The van der Waals surface area contributed by atoms with Gasteiger partial charge >= 0.3 is 0 Å². The van der Waals surface area contributed by atoms with Crippen molar-refractivity contribution in [1.29, 1.82) is 0 Å². The van der Waals surface area contributed by atoms with Gasteiger partial charge in [0.25, 0.3) is 6.43 Å². The summed E-state index contributed by atoms with van der Waals surface area (Å²) in [6.45, 7) is 0.941. The van der Waals surface area contributed by atoms with Gasteiger partial charge in [0.15, 0.2) is 0 Å². The summed E-state index contributed by atoms with van der Waals surface area (Å²) < 4.78 is 28.4. The Kier molecular flexibility index (Phi) is 4.16. The van der Waals surface area contributed by atoms with E-state index in [9.17, 15) is 13.6 Å². The fraction of sp³-hybridized carbons (Fsp3) is 0.400. The van der Waals surface area contributed by atoms with E-state index in [1.165, 1.54) is 18.3 Å². The molecule has 0 aliphatic carbocycles. The Hall–Kier alpha value is -1.72. The fourth-order valence-corrected chi connectivity index (χ4v) is 1.04. The second-order valence-electron chi connectivity index (χ2n) is 3.24. The molecule has 6 heteroatoms. The van der Waals surface area contributed by atoms with E-state index in [1.807, 2.05) is 0 Å². The van der Waals surface area contributed by atoms with Crippen LogP contribution in [0.5, 0.6) is 5.75 Å². The minimum atomic E-state index is -2.52. The third-order valence-corrected chi connectivity index (χ3v) is 2.01. The summed E-state index contributed by atoms with van der Waals surface area (Å²) >= 11 is 0. The molecule has 1 aromatic heterocycles. The summed E-state index contributed by atoms with van der Waals surface area (Å²) in [6, 6.07) is 3.00. The third-order valence-electron chi connectivity index (χ3n) is 2.01. The maximum absolute atomic E-state index is 11.8. The molecule has 1 atom stereocenters. The van der Waals surface area contributed by atoms with Crippen molar-refractivity contribution in [3.8, 4) is 5.75 Å². The van der Waals surface area contributed by atoms with Crippen LogP contribution in [0.15, 0.2) is 18.3 Å². The third kappa shape index (κ3) is 3.45. The molecule has 0 fully saturated rings. The van der Waals surface area contributed by atoms with Crippen molar-refractivity contribution in [3.63, 3.8) is 0 Å². The van der Waals surface area contributed by atoms with Crippen LogP contribution in [0.4, 0.5) is 8.78 Å². The summed E-state index contributed by atoms with van der Waals surface area (Å²) in [6.07, 6.45) is -1.24. The summed E-state index contributed by atoms with van der Waals surface area (Å²) in [5.74, 6) is -0.765. The highest BCUT2D eigenvalue weighted by Crippen LogP contribution is 2.16. The first kappa shape index (κ1) is 12.4. The molecule has 2 N–H and O–H groups in total. The number of hydrogen-bond acceptors (Lipinski definition) is 3. The van der Waals surface area contributed by atoms with Gasteiger partial charge in [-0.15, -0.1) is 0 Å². The Morgan fingerprint density at radius 3 is 2.69 bits per heavy atom. The number of hydrogen-bond donors (Lipinski definition) is 1. The number of rotatable bonds is 5. The van der Waals surface area contributed by atoms with E-state index in [4.69, 9.17) is 10.5 Å². The van der Waals surface area contributed by atoms with Gasteiger partial charge in [0.2, 0.25) is 5.91 Å². The van der Waals surface area contributed by atoms with Gasteiger partial charge in [-0.3, -0.25) is 9.78 Å². The number of ether oxygens (including phenoxy) is 1. The molecule has 0 bridgehead atoms. The maximum atomic E-state index is 11.8. The van der Waals surface area contributed by atoms with Crippen molar-refractivity contribution >= 4 is 5.91 Å². The molecule has 1 aromatic rings. The Bertz CT molecular complexity index is 354. The van der Waals surface area contributed by atoms with E-state index in [0.29, 0.717) is 5.69 Å². The first-order chi connectivity index (χ1) is 7.50. The monoisotopic (exact) mass is 230 g/mol. The number of amides is 1. The summed E-state index contributed by atoms with van der Waals surface area (Å²) in [7, 11) is 0. The lowest BCUT2D eigenvalue weighted by Crippen LogP contribution is -2.19. The number of pyridine rings is 1. The minimum absolute atomic E-state index is 0.237. The van der Waals surface area contributed by atoms with Gasteiger partial charge in [0.05, 0.1) is 17.8 Å². The van der Waals surface area contributed by atoms with Crippen molar-refractivity contribution in [2.24, 2.45) is 5.73 Å². The Morgan fingerprint density at radius 1 is 1.56 bits per heavy atom. The van der Waals surface area contributed by atoms with Crippen molar-refractivity contribution in [3.05, 3.63) is 24.0 Å². The van der Waals surface area contributed by atoms with Crippen LogP contribution in [0, 0.1) is 0 Å². The van der Waals surface area contributed by atoms with Gasteiger partial charge in [0, 0.05) is 0 Å². The molecule has 0 aromatic carbocycles. The highest BCUT2D eigenvalue weighted by atomic mass is 19.3. The SMILES string of the molecule is CC(C(N)=O)c1ccc(OCC(F)F)cn1. The lowest BCUT2D eigenvalue weighted by Gasteiger charge is -2.08. The molecule has 0 saturated carbocycles. The Labute approximate surface area is 91.4 Å². The maximum Gasteiger partial charge on any atom is 0.272 e. The van der Waals surface area contributed by atoms with Crippen LogP contribution in [0.25, 0.3) is 0 Å². The van der Waals surface area contributed by atoms with Crippen molar-refractivity contribution < 1.29 is 18.3 Å². The molecule has 4 nitrogen and oxygen atoms in total. The van der Waals surface area contributed by atoms with Gasteiger partial charge < -0.3 is 10.5 Å². The van der Waals surface area contributed by atoms with Gasteiger partial charge in [-0.25, -0.2) is 8.78 Å². The second kappa shape index (κ2) is 5.39. The Balaban J connectivity index is 2.64. The Morgan fingerprint density at radius 2 is 2.25 bits per heavy atom. The van der Waals surface area contributed by atoms with Crippen LogP contribution in [-0.4, -0.2) is 23.9 Å². The van der Waals surface area contributed by atoms with Crippen LogP contribution in [0.2, 0.25) is 0 Å². The number of halogens is 2. The van der Waals surface area contributed by atoms with E-state index in [0.717, 1.165) is 0 Å². The molecule has 0 aliphatic heterocycles. The standard InChI is InChI=1S/C10H12F2N2O2/c1-6(10(13)15)8-3-2-7(4-14-8)16-5-9(11)12/h2-4,6,9H,5H2,1H3,(H2,13,15). The zero-order valence-electron chi connectivity index (χ0n) is 8.69. The number of nitrogens with zero attached hydrogens (tertiary/aromatic N) is 1. The van der Waals surface area contributed by atoms with Crippen molar-refractivity contribution in [2.45, 2.75) is 19.3 Å². The molecule has 1 rings (SSSR count). The van der Waals surface area contributed by atoms with Crippen LogP contribution < -0.4 is 10.5 Å². The molecule has 0 radical (unpaired) electrons. The molecule has 1 unspecified atom stereocenters. The highest BCUT2D eigenvalue weighted by Gasteiger charge is 2.13. The average Bonchev–Trinajstić information content (AvgIpc) is 2.26. The van der Waals surface area contributed by atoms with Gasteiger partial charge in [-0.1, -0.05) is 0 Å². The van der Waals surface area contributed by atoms with E-state index in [-0.39, 0.29) is 5.75 Å². The molecule has 0 spiro atoms. The van der Waals surface area contributed by atoms with E-state index < -0.39 is 24.9 Å². The molecule has 1 amide bonds. The van der Waals surface area contributed by atoms with E-state index in [1.54, 1.807) is 6.92 Å². The number of primary amides is 1. The minimum Gasteiger partial charge on any atom is -0.486 e. The van der Waals surface area contributed by atoms with Crippen molar-refractivity contribution in [1.82, 2.24) is 4.98 Å². The second-order valence-corrected chi connectivity index (χ2v) is 3.24. The molecule has 16 heavy (non-hydrogen) atoms. The zero-order chi connectivity index (χ0) is 12.1. The molecule has 1 heterocycles. The lowest BCUT2D eigenvalue weighted by atomic mass is 10.1. The molecular weight excluding hydrogens is 218 g/mol.